The van der Waals surface area contributed by atoms with Crippen molar-refractivity contribution in [2.45, 2.75) is 50.9 Å². The van der Waals surface area contributed by atoms with E-state index in [0.29, 0.717) is 12.2 Å². The Morgan fingerprint density at radius 3 is 2.30 bits per heavy atom. The van der Waals surface area contributed by atoms with Gasteiger partial charge in [-0.1, -0.05) is 12.1 Å². The van der Waals surface area contributed by atoms with Gasteiger partial charge in [0.05, 0.1) is 22.4 Å². The van der Waals surface area contributed by atoms with Crippen molar-refractivity contribution in [1.29, 1.82) is 0 Å². The Morgan fingerprint density at radius 2 is 1.85 bits per heavy atom. The molecule has 0 spiro atoms. The van der Waals surface area contributed by atoms with Crippen molar-refractivity contribution in [1.82, 2.24) is 0 Å². The highest BCUT2D eigenvalue weighted by molar-refractivity contribution is 5.51. The van der Waals surface area contributed by atoms with Crippen molar-refractivity contribution in [2.24, 2.45) is 5.73 Å². The number of hydrogen-bond acceptors (Lipinski definition) is 3. The second-order valence-corrected chi connectivity index (χ2v) is 6.79. The van der Waals surface area contributed by atoms with E-state index in [0.717, 1.165) is 6.42 Å². The van der Waals surface area contributed by atoms with Crippen LogP contribution >= 0.6 is 0 Å². The van der Waals surface area contributed by atoms with E-state index in [9.17, 15) is 4.39 Å². The highest BCUT2D eigenvalue weighted by Gasteiger charge is 2.59. The molecule has 0 amide bonds. The molecule has 0 aromatic heterocycles. The smallest absolute Gasteiger partial charge is 0.146 e. The lowest BCUT2D eigenvalue weighted by Gasteiger charge is -2.47. The van der Waals surface area contributed by atoms with Crippen molar-refractivity contribution >= 4 is 5.69 Å². The molecule has 2 rings (SSSR count). The van der Waals surface area contributed by atoms with Gasteiger partial charge >= 0.3 is 0 Å². The van der Waals surface area contributed by atoms with E-state index < -0.39 is 11.1 Å². The average Bonchev–Trinajstić information content (AvgIpc) is 2.54. The summed E-state index contributed by atoms with van der Waals surface area (Å²) in [5, 5.41) is 0. The number of ether oxygens (including phenoxy) is 1. The van der Waals surface area contributed by atoms with Gasteiger partial charge in [-0.3, -0.25) is 0 Å². The summed E-state index contributed by atoms with van der Waals surface area (Å²) in [5.41, 5.74) is 5.51. The summed E-state index contributed by atoms with van der Waals surface area (Å²) in [6, 6.07) is 6.80. The molecule has 1 aromatic rings. The fraction of sp³-hybridized carbons (Fsp3) is 0.625. The third kappa shape index (κ3) is 2.21. The molecule has 1 aromatic carbocycles. The second kappa shape index (κ2) is 4.71. The number of benzene rings is 1. The second-order valence-electron chi connectivity index (χ2n) is 6.79. The van der Waals surface area contributed by atoms with Crippen LogP contribution in [-0.2, 0) is 4.74 Å². The number of likely N-dealkylation sites (N-methyl/N-ethyl adjacent to an activating group) is 1. The Morgan fingerprint density at radius 1 is 1.25 bits per heavy atom. The van der Waals surface area contributed by atoms with Gasteiger partial charge in [-0.05, 0) is 39.8 Å². The number of halogens is 1. The van der Waals surface area contributed by atoms with E-state index >= 15 is 0 Å². The van der Waals surface area contributed by atoms with Crippen molar-refractivity contribution in [3.63, 3.8) is 0 Å². The van der Waals surface area contributed by atoms with Crippen molar-refractivity contribution in [2.75, 3.05) is 18.5 Å². The first-order chi connectivity index (χ1) is 9.15. The predicted molar refractivity (Wildman–Crippen MR) is 80.4 cm³/mol. The van der Waals surface area contributed by atoms with E-state index in [4.69, 9.17) is 10.5 Å². The highest BCUT2D eigenvalue weighted by atomic mass is 19.1. The third-order valence-electron chi connectivity index (χ3n) is 4.56. The number of hydrogen-bond donors (Lipinski definition) is 1. The van der Waals surface area contributed by atoms with Crippen LogP contribution in [0.4, 0.5) is 10.1 Å². The third-order valence-corrected chi connectivity index (χ3v) is 4.56. The van der Waals surface area contributed by atoms with Gasteiger partial charge < -0.3 is 15.4 Å². The summed E-state index contributed by atoms with van der Waals surface area (Å²) >= 11 is 0. The number of rotatable bonds is 3. The summed E-state index contributed by atoms with van der Waals surface area (Å²) in [6.07, 6.45) is 0.758. The van der Waals surface area contributed by atoms with Crippen LogP contribution in [-0.4, -0.2) is 30.3 Å². The summed E-state index contributed by atoms with van der Waals surface area (Å²) in [5.74, 6) is -0.233. The molecule has 0 radical (unpaired) electrons. The standard InChI is InChI=1S/C16H25FN2O/c1-14(2)10-16(11-18,15(3,4)20-14)19(5)13-9-7-6-8-12(13)17/h6-9H,10-11,18H2,1-5H3. The Balaban J connectivity index is 2.49. The zero-order chi connectivity index (χ0) is 15.2. The van der Waals surface area contributed by atoms with Crippen molar-refractivity contribution in [3.8, 4) is 0 Å². The summed E-state index contributed by atoms with van der Waals surface area (Å²) < 4.78 is 20.3. The molecular formula is C16H25FN2O. The Hall–Kier alpha value is -1.13. The summed E-state index contributed by atoms with van der Waals surface area (Å²) in [4.78, 5) is 1.96. The van der Waals surface area contributed by atoms with Gasteiger partial charge in [0.2, 0.25) is 0 Å². The van der Waals surface area contributed by atoms with Crippen LogP contribution in [0.5, 0.6) is 0 Å². The minimum Gasteiger partial charge on any atom is -0.367 e. The minimum absolute atomic E-state index is 0.233. The molecule has 3 nitrogen and oxygen atoms in total. The van der Waals surface area contributed by atoms with Crippen LogP contribution in [0.1, 0.15) is 34.1 Å². The van der Waals surface area contributed by atoms with E-state index in [1.54, 1.807) is 12.1 Å². The molecule has 0 aliphatic carbocycles. The Labute approximate surface area is 120 Å². The van der Waals surface area contributed by atoms with Gasteiger partial charge in [0.25, 0.3) is 0 Å². The van der Waals surface area contributed by atoms with Gasteiger partial charge in [-0.25, -0.2) is 4.39 Å². The molecule has 4 heteroatoms. The molecule has 0 saturated carbocycles. The van der Waals surface area contributed by atoms with Crippen LogP contribution < -0.4 is 10.6 Å². The quantitative estimate of drug-likeness (QED) is 0.925. The number of anilines is 1. The molecule has 20 heavy (non-hydrogen) atoms. The van der Waals surface area contributed by atoms with Gasteiger partial charge in [0.15, 0.2) is 0 Å². The molecule has 1 atom stereocenters. The molecule has 2 N–H and O–H groups in total. The first kappa shape index (κ1) is 15.3. The maximum Gasteiger partial charge on any atom is 0.146 e. The van der Waals surface area contributed by atoms with Crippen LogP contribution in [0.15, 0.2) is 24.3 Å². The van der Waals surface area contributed by atoms with E-state index in [1.165, 1.54) is 6.07 Å². The topological polar surface area (TPSA) is 38.5 Å². The lowest BCUT2D eigenvalue weighted by atomic mass is 9.77. The normalized spacial score (nSPS) is 27.6. The number of nitrogens with two attached hydrogens (primary N) is 1. The number of nitrogens with zero attached hydrogens (tertiary/aromatic N) is 1. The van der Waals surface area contributed by atoms with E-state index in [-0.39, 0.29) is 11.4 Å². The average molecular weight is 280 g/mol. The maximum absolute atomic E-state index is 14.1. The fourth-order valence-electron chi connectivity index (χ4n) is 3.67. The van der Waals surface area contributed by atoms with Gasteiger partial charge in [-0.2, -0.15) is 0 Å². The molecule has 1 aliphatic rings. The SMILES string of the molecule is CN(c1ccccc1F)C1(CN)CC(C)(C)OC1(C)C. The largest absolute Gasteiger partial charge is 0.367 e. The molecule has 1 saturated heterocycles. The van der Waals surface area contributed by atoms with E-state index in [2.05, 4.69) is 13.8 Å². The highest BCUT2D eigenvalue weighted by Crippen LogP contribution is 2.48. The van der Waals surface area contributed by atoms with Crippen LogP contribution in [0.3, 0.4) is 0 Å². The van der Waals surface area contributed by atoms with Crippen LogP contribution in [0.25, 0.3) is 0 Å². The monoisotopic (exact) mass is 280 g/mol. The van der Waals surface area contributed by atoms with Crippen LogP contribution in [0, 0.1) is 5.82 Å². The van der Waals surface area contributed by atoms with E-state index in [1.807, 2.05) is 31.9 Å². The van der Waals surface area contributed by atoms with Crippen molar-refractivity contribution in [3.05, 3.63) is 30.1 Å². The first-order valence-corrected chi connectivity index (χ1v) is 7.04. The number of para-hydroxylation sites is 1. The predicted octanol–water partition coefficient (Wildman–Crippen LogP) is 2.94. The molecule has 1 heterocycles. The lowest BCUT2D eigenvalue weighted by Crippen LogP contribution is -2.62. The van der Waals surface area contributed by atoms with Crippen molar-refractivity contribution < 1.29 is 9.13 Å². The zero-order valence-electron chi connectivity index (χ0n) is 13.0. The van der Waals surface area contributed by atoms with Gasteiger partial charge in [0.1, 0.15) is 5.82 Å². The molecule has 1 fully saturated rings. The lowest BCUT2D eigenvalue weighted by molar-refractivity contribution is -0.0779. The zero-order valence-corrected chi connectivity index (χ0v) is 13.0. The van der Waals surface area contributed by atoms with Crippen LogP contribution in [0.2, 0.25) is 0 Å². The Kier molecular flexibility index (Phi) is 3.59. The summed E-state index contributed by atoms with van der Waals surface area (Å²) in [7, 11) is 1.90. The molecule has 112 valence electrons. The maximum atomic E-state index is 14.1. The molecule has 1 unspecified atom stereocenters. The van der Waals surface area contributed by atoms with Gasteiger partial charge in [-0.15, -0.1) is 0 Å². The first-order valence-electron chi connectivity index (χ1n) is 7.04. The minimum atomic E-state index is -0.456. The molecule has 1 aliphatic heterocycles. The fourth-order valence-corrected chi connectivity index (χ4v) is 3.67. The molecule has 0 bridgehead atoms. The summed E-state index contributed by atoms with van der Waals surface area (Å²) in [6.45, 7) is 8.59. The molecular weight excluding hydrogens is 255 g/mol. The van der Waals surface area contributed by atoms with Gasteiger partial charge in [0, 0.05) is 20.0 Å². The Bertz CT molecular complexity index is 501.